The molecule has 0 heterocycles. The molecular formula is C17H34N4O3. The number of amides is 3. The van der Waals surface area contributed by atoms with E-state index in [9.17, 15) is 14.4 Å². The first-order valence-corrected chi connectivity index (χ1v) is 8.33. The van der Waals surface area contributed by atoms with Crippen LogP contribution in [-0.2, 0) is 14.4 Å². The Balaban J connectivity index is 4.51. The fourth-order valence-corrected chi connectivity index (χ4v) is 2.00. The van der Waals surface area contributed by atoms with Gasteiger partial charge in [-0.1, -0.05) is 0 Å². The van der Waals surface area contributed by atoms with Crippen LogP contribution in [0.1, 0.15) is 62.3 Å². The van der Waals surface area contributed by atoms with Gasteiger partial charge in [0, 0.05) is 11.1 Å². The molecule has 24 heavy (non-hydrogen) atoms. The van der Waals surface area contributed by atoms with E-state index in [-0.39, 0.29) is 22.9 Å². The Hall–Kier alpha value is -1.63. The number of rotatable bonds is 6. The molecule has 0 aliphatic heterocycles. The number of hydrogen-bond acceptors (Lipinski definition) is 4. The van der Waals surface area contributed by atoms with Crippen molar-refractivity contribution in [3.63, 3.8) is 0 Å². The van der Waals surface area contributed by atoms with Gasteiger partial charge in [-0.2, -0.15) is 0 Å². The van der Waals surface area contributed by atoms with Gasteiger partial charge in [0.1, 0.15) is 12.1 Å². The average Bonchev–Trinajstić information content (AvgIpc) is 2.34. The summed E-state index contributed by atoms with van der Waals surface area (Å²) in [6.45, 7) is 16.4. The highest BCUT2D eigenvalue weighted by molar-refractivity contribution is 5.92. The van der Waals surface area contributed by atoms with E-state index in [1.165, 1.54) is 0 Å². The summed E-state index contributed by atoms with van der Waals surface area (Å²) in [6.07, 6.45) is 0. The van der Waals surface area contributed by atoms with Gasteiger partial charge in [-0.3, -0.25) is 14.4 Å². The quantitative estimate of drug-likeness (QED) is 0.570. The zero-order valence-corrected chi connectivity index (χ0v) is 16.5. The SMILES string of the molecule is C[C@H](NC(=O)[C@H](C)NC(C)(C)C)C(=O)N[C@@H](C)C(=O)NC(C)(C)C. The van der Waals surface area contributed by atoms with Crippen molar-refractivity contribution < 1.29 is 14.4 Å². The molecule has 3 amide bonds. The molecule has 0 aromatic rings. The Labute approximate surface area is 145 Å². The molecule has 7 heteroatoms. The van der Waals surface area contributed by atoms with Crippen molar-refractivity contribution in [3.8, 4) is 0 Å². The zero-order valence-electron chi connectivity index (χ0n) is 16.5. The summed E-state index contributed by atoms with van der Waals surface area (Å²) >= 11 is 0. The maximum absolute atomic E-state index is 12.1. The normalized spacial score (nSPS) is 15.9. The lowest BCUT2D eigenvalue weighted by Crippen LogP contribution is -2.57. The van der Waals surface area contributed by atoms with Gasteiger partial charge < -0.3 is 21.3 Å². The van der Waals surface area contributed by atoms with Gasteiger partial charge in [-0.15, -0.1) is 0 Å². The molecule has 0 saturated heterocycles. The molecule has 0 spiro atoms. The number of carbonyl (C=O) groups is 3. The minimum atomic E-state index is -0.730. The van der Waals surface area contributed by atoms with Crippen molar-refractivity contribution in [2.45, 2.75) is 91.5 Å². The number of hydrogen-bond donors (Lipinski definition) is 4. The van der Waals surface area contributed by atoms with Crippen LogP contribution in [0.15, 0.2) is 0 Å². The lowest BCUT2D eigenvalue weighted by molar-refractivity contribution is -0.132. The van der Waals surface area contributed by atoms with Gasteiger partial charge >= 0.3 is 0 Å². The van der Waals surface area contributed by atoms with E-state index in [4.69, 9.17) is 0 Å². The maximum Gasteiger partial charge on any atom is 0.242 e. The molecule has 0 rings (SSSR count). The minimum Gasteiger partial charge on any atom is -0.350 e. The van der Waals surface area contributed by atoms with Crippen molar-refractivity contribution in [2.24, 2.45) is 0 Å². The molecule has 0 aromatic heterocycles. The summed E-state index contributed by atoms with van der Waals surface area (Å²) in [5, 5.41) is 11.2. The third-order valence-corrected chi connectivity index (χ3v) is 3.05. The average molecular weight is 342 g/mol. The van der Waals surface area contributed by atoms with Crippen molar-refractivity contribution in [1.82, 2.24) is 21.3 Å². The van der Waals surface area contributed by atoms with E-state index in [0.717, 1.165) is 0 Å². The zero-order chi connectivity index (χ0) is 19.3. The predicted octanol–water partition coefficient (Wildman–Crippen LogP) is 0.687. The third kappa shape index (κ3) is 9.50. The van der Waals surface area contributed by atoms with E-state index >= 15 is 0 Å². The Morgan fingerprint density at radius 3 is 1.38 bits per heavy atom. The van der Waals surface area contributed by atoms with Crippen molar-refractivity contribution >= 4 is 17.7 Å². The fourth-order valence-electron chi connectivity index (χ4n) is 2.00. The van der Waals surface area contributed by atoms with Crippen LogP contribution in [0.2, 0.25) is 0 Å². The highest BCUT2D eigenvalue weighted by Crippen LogP contribution is 2.02. The van der Waals surface area contributed by atoms with Crippen molar-refractivity contribution in [2.75, 3.05) is 0 Å². The van der Waals surface area contributed by atoms with Gasteiger partial charge in [0.05, 0.1) is 6.04 Å². The van der Waals surface area contributed by atoms with Crippen LogP contribution in [0.4, 0.5) is 0 Å². The first-order valence-electron chi connectivity index (χ1n) is 8.33. The topological polar surface area (TPSA) is 99.3 Å². The Bertz CT molecular complexity index is 463. The van der Waals surface area contributed by atoms with Crippen LogP contribution < -0.4 is 21.3 Å². The van der Waals surface area contributed by atoms with E-state index < -0.39 is 24.0 Å². The fraction of sp³-hybridized carbons (Fsp3) is 0.824. The van der Waals surface area contributed by atoms with Crippen LogP contribution >= 0.6 is 0 Å². The Morgan fingerprint density at radius 2 is 1.00 bits per heavy atom. The second kappa shape index (κ2) is 8.46. The van der Waals surface area contributed by atoms with Crippen LogP contribution in [0.3, 0.4) is 0 Å². The van der Waals surface area contributed by atoms with Gasteiger partial charge in [-0.05, 0) is 62.3 Å². The molecule has 0 unspecified atom stereocenters. The van der Waals surface area contributed by atoms with Gasteiger partial charge in [0.15, 0.2) is 0 Å². The third-order valence-electron chi connectivity index (χ3n) is 3.05. The van der Waals surface area contributed by atoms with Crippen LogP contribution in [0, 0.1) is 0 Å². The molecular weight excluding hydrogens is 308 g/mol. The molecule has 3 atom stereocenters. The van der Waals surface area contributed by atoms with Gasteiger partial charge in [0.2, 0.25) is 17.7 Å². The van der Waals surface area contributed by atoms with Crippen molar-refractivity contribution in [3.05, 3.63) is 0 Å². The van der Waals surface area contributed by atoms with Crippen LogP contribution in [0.5, 0.6) is 0 Å². The van der Waals surface area contributed by atoms with E-state index in [1.54, 1.807) is 20.8 Å². The highest BCUT2D eigenvalue weighted by Gasteiger charge is 2.25. The largest absolute Gasteiger partial charge is 0.350 e. The molecule has 0 saturated carbocycles. The van der Waals surface area contributed by atoms with E-state index in [0.29, 0.717) is 0 Å². The summed E-state index contributed by atoms with van der Waals surface area (Å²) < 4.78 is 0. The van der Waals surface area contributed by atoms with Crippen LogP contribution in [-0.4, -0.2) is 46.9 Å². The van der Waals surface area contributed by atoms with Crippen LogP contribution in [0.25, 0.3) is 0 Å². The lowest BCUT2D eigenvalue weighted by atomic mass is 10.1. The van der Waals surface area contributed by atoms with E-state index in [1.807, 2.05) is 41.5 Å². The minimum absolute atomic E-state index is 0.207. The second-order valence-corrected chi connectivity index (χ2v) is 8.32. The molecule has 0 radical (unpaired) electrons. The molecule has 4 N–H and O–H groups in total. The highest BCUT2D eigenvalue weighted by atomic mass is 16.2. The molecule has 140 valence electrons. The lowest BCUT2D eigenvalue weighted by Gasteiger charge is -2.27. The van der Waals surface area contributed by atoms with E-state index in [2.05, 4.69) is 21.3 Å². The van der Waals surface area contributed by atoms with Crippen molar-refractivity contribution in [1.29, 1.82) is 0 Å². The molecule has 0 fully saturated rings. The summed E-state index contributed by atoms with van der Waals surface area (Å²) in [4.78, 5) is 36.2. The Morgan fingerprint density at radius 1 is 0.625 bits per heavy atom. The molecule has 0 aromatic carbocycles. The summed E-state index contributed by atoms with van der Waals surface area (Å²) in [5.74, 6) is -0.931. The summed E-state index contributed by atoms with van der Waals surface area (Å²) in [7, 11) is 0. The molecule has 0 aliphatic rings. The standard InChI is InChI=1S/C17H34N4O3/c1-10(18-14(23)12(3)20-16(4,5)6)13(22)19-11(2)15(24)21-17(7,8)9/h10-12,20H,1-9H3,(H,18,23)(H,19,22)(H,21,24)/t10-,11-,12-/m0/s1. The smallest absolute Gasteiger partial charge is 0.242 e. The second-order valence-electron chi connectivity index (χ2n) is 8.32. The monoisotopic (exact) mass is 342 g/mol. The molecule has 7 nitrogen and oxygen atoms in total. The first kappa shape index (κ1) is 22.4. The summed E-state index contributed by atoms with van der Waals surface area (Å²) in [5.41, 5.74) is -0.578. The Kier molecular flexibility index (Phi) is 7.89. The van der Waals surface area contributed by atoms with Gasteiger partial charge in [0.25, 0.3) is 0 Å². The first-order chi connectivity index (χ1) is 10.6. The maximum atomic E-state index is 12.1. The van der Waals surface area contributed by atoms with Gasteiger partial charge in [-0.25, -0.2) is 0 Å². The molecule has 0 aliphatic carbocycles. The summed E-state index contributed by atoms with van der Waals surface area (Å²) in [6, 6.07) is -1.84. The number of carbonyl (C=O) groups excluding carboxylic acids is 3. The predicted molar refractivity (Wildman–Crippen MR) is 95.5 cm³/mol. The number of nitrogens with one attached hydrogen (secondary N) is 4. The molecule has 0 bridgehead atoms.